The summed E-state index contributed by atoms with van der Waals surface area (Å²) < 4.78 is 29.4. The Bertz CT molecular complexity index is 682. The van der Waals surface area contributed by atoms with E-state index in [0.717, 1.165) is 16.4 Å². The van der Waals surface area contributed by atoms with Crippen LogP contribution in [-0.4, -0.2) is 12.3 Å². The molecule has 3 rings (SSSR count). The average Bonchev–Trinajstić information content (AvgIpc) is 2.46. The third-order valence-electron chi connectivity index (χ3n) is 3.18. The summed E-state index contributed by atoms with van der Waals surface area (Å²) in [7, 11) is -2.96. The van der Waals surface area contributed by atoms with Gasteiger partial charge in [0.2, 0.25) is 0 Å². The summed E-state index contributed by atoms with van der Waals surface area (Å²) in [5.74, 6) is 0.645. The van der Waals surface area contributed by atoms with Crippen LogP contribution in [0.25, 0.3) is 11.1 Å². The van der Waals surface area contributed by atoms with E-state index >= 15 is 0 Å². The first-order valence-corrected chi connectivity index (χ1v) is 8.82. The quantitative estimate of drug-likeness (QED) is 0.804. The smallest absolute Gasteiger partial charge is 0.278 e. The molecule has 1 aliphatic rings. The van der Waals surface area contributed by atoms with Gasteiger partial charge in [0.15, 0.2) is 8.46 Å². The van der Waals surface area contributed by atoms with E-state index in [0.29, 0.717) is 18.1 Å². The van der Waals surface area contributed by atoms with Crippen LogP contribution < -0.4 is 9.83 Å². The summed E-state index contributed by atoms with van der Waals surface area (Å²) in [5.41, 5.74) is 1.92. The highest BCUT2D eigenvalue weighted by Crippen LogP contribution is 2.54. The van der Waals surface area contributed by atoms with Crippen LogP contribution in [0.15, 0.2) is 48.5 Å². The van der Waals surface area contributed by atoms with Crippen molar-refractivity contribution in [1.82, 2.24) is 0 Å². The van der Waals surface area contributed by atoms with Gasteiger partial charge in [0, 0.05) is 11.7 Å². The van der Waals surface area contributed by atoms with Gasteiger partial charge >= 0.3 is 0 Å². The molecule has 0 amide bonds. The molecule has 96 valence electrons. The van der Waals surface area contributed by atoms with Crippen molar-refractivity contribution in [3.05, 3.63) is 48.5 Å². The maximum atomic E-state index is 13.0. The zero-order valence-electron chi connectivity index (χ0n) is 10.2. The summed E-state index contributed by atoms with van der Waals surface area (Å²) in [5, 5.41) is 0.734. The molecule has 0 saturated heterocycles. The van der Waals surface area contributed by atoms with Gasteiger partial charge in [0.1, 0.15) is 5.75 Å². The molecule has 0 saturated carbocycles. The fourth-order valence-electron chi connectivity index (χ4n) is 2.31. The van der Waals surface area contributed by atoms with E-state index in [-0.39, 0.29) is 8.46 Å². The van der Waals surface area contributed by atoms with Crippen molar-refractivity contribution in [2.75, 3.05) is 12.3 Å². The first kappa shape index (κ1) is 12.6. The molecule has 1 atom stereocenters. The molecular formula is C14H12O3P2. The van der Waals surface area contributed by atoms with Gasteiger partial charge in [-0.1, -0.05) is 36.4 Å². The van der Waals surface area contributed by atoms with E-state index in [1.165, 1.54) is 0 Å². The predicted octanol–water partition coefficient (Wildman–Crippen LogP) is 3.94. The highest BCUT2D eigenvalue weighted by molar-refractivity contribution is 7.68. The minimum atomic E-state index is -2.96. The summed E-state index contributed by atoms with van der Waals surface area (Å²) in [6.07, 6.45) is 0.636. The Morgan fingerprint density at radius 2 is 1.68 bits per heavy atom. The van der Waals surface area contributed by atoms with Crippen LogP contribution in [0.1, 0.15) is 0 Å². The van der Waals surface area contributed by atoms with Crippen molar-refractivity contribution in [3.63, 3.8) is 0 Å². The fraction of sp³-hybridized carbons (Fsp3) is 0.143. The second-order valence-corrected chi connectivity index (χ2v) is 7.52. The third kappa shape index (κ3) is 2.14. The van der Waals surface area contributed by atoms with Crippen LogP contribution in [-0.2, 0) is 9.13 Å². The Labute approximate surface area is 113 Å². The van der Waals surface area contributed by atoms with E-state index in [9.17, 15) is 9.13 Å². The molecule has 1 aliphatic heterocycles. The first-order valence-electron chi connectivity index (χ1n) is 6.01. The maximum Gasteiger partial charge on any atom is 0.278 e. The lowest BCUT2D eigenvalue weighted by Gasteiger charge is -2.28. The zero-order chi connectivity index (χ0) is 13.3. The highest BCUT2D eigenvalue weighted by Gasteiger charge is 2.35. The summed E-state index contributed by atoms with van der Waals surface area (Å²) in [6, 6.07) is 15.2. The largest absolute Gasteiger partial charge is 0.439 e. The molecule has 1 heterocycles. The van der Waals surface area contributed by atoms with E-state index in [1.54, 1.807) is 0 Å². The molecule has 0 N–H and O–H groups in total. The first-order chi connectivity index (χ1) is 9.24. The molecule has 2 aromatic carbocycles. The Hall–Kier alpha value is -1.43. The van der Waals surface area contributed by atoms with Gasteiger partial charge < -0.3 is 4.52 Å². The van der Waals surface area contributed by atoms with Crippen LogP contribution in [0.3, 0.4) is 0 Å². The minimum Gasteiger partial charge on any atom is -0.439 e. The van der Waals surface area contributed by atoms with Crippen LogP contribution in [0.2, 0.25) is 0 Å². The Morgan fingerprint density at radius 1 is 1.00 bits per heavy atom. The molecule has 0 aliphatic carbocycles. The monoisotopic (exact) mass is 290 g/mol. The summed E-state index contributed by atoms with van der Waals surface area (Å²) in [6.45, 7) is 0. The van der Waals surface area contributed by atoms with E-state index < -0.39 is 7.37 Å². The number of hydrogen-bond donors (Lipinski definition) is 0. The Balaban J connectivity index is 2.19. The standard InChI is InChI=1S/C14H12O3P2/c15-18-9-10-19(16)14-8-4-2-6-12(14)11-5-1-3-7-13(11)17-19/h1-8H,9-10H2. The van der Waals surface area contributed by atoms with E-state index in [2.05, 4.69) is 0 Å². The van der Waals surface area contributed by atoms with Gasteiger partial charge in [-0.25, -0.2) is 0 Å². The second-order valence-electron chi connectivity index (χ2n) is 4.35. The normalized spacial score (nSPS) is 20.4. The zero-order valence-corrected chi connectivity index (χ0v) is 11.9. The predicted molar refractivity (Wildman–Crippen MR) is 77.1 cm³/mol. The number of hydrogen-bond acceptors (Lipinski definition) is 3. The molecule has 19 heavy (non-hydrogen) atoms. The molecule has 5 heteroatoms. The van der Waals surface area contributed by atoms with Gasteiger partial charge in [-0.2, -0.15) is 0 Å². The number of para-hydroxylation sites is 1. The SMILES string of the molecule is O=PCCP1(=O)Oc2ccccc2-c2ccccc21. The minimum absolute atomic E-state index is 0.000836. The molecular weight excluding hydrogens is 278 g/mol. The van der Waals surface area contributed by atoms with Crippen molar-refractivity contribution in [2.24, 2.45) is 0 Å². The van der Waals surface area contributed by atoms with Crippen LogP contribution in [0, 0.1) is 0 Å². The van der Waals surface area contributed by atoms with Crippen LogP contribution >= 0.6 is 15.8 Å². The fourth-order valence-corrected chi connectivity index (χ4v) is 5.48. The van der Waals surface area contributed by atoms with Gasteiger partial charge in [-0.15, -0.1) is 0 Å². The molecule has 1 unspecified atom stereocenters. The van der Waals surface area contributed by atoms with Gasteiger partial charge in [-0.3, -0.25) is 9.13 Å². The molecule has 0 spiro atoms. The molecule has 2 aromatic rings. The van der Waals surface area contributed by atoms with Gasteiger partial charge in [0.25, 0.3) is 7.37 Å². The van der Waals surface area contributed by atoms with Crippen molar-refractivity contribution in [3.8, 4) is 16.9 Å². The molecule has 0 aromatic heterocycles. The van der Waals surface area contributed by atoms with E-state index in [4.69, 9.17) is 4.52 Å². The van der Waals surface area contributed by atoms with Crippen molar-refractivity contribution >= 4 is 21.1 Å². The van der Waals surface area contributed by atoms with Gasteiger partial charge in [0.05, 0.1) is 11.5 Å². The van der Waals surface area contributed by atoms with Crippen molar-refractivity contribution in [2.45, 2.75) is 0 Å². The summed E-state index contributed by atoms with van der Waals surface area (Å²) >= 11 is 0. The summed E-state index contributed by atoms with van der Waals surface area (Å²) in [4.78, 5) is 0. The van der Waals surface area contributed by atoms with E-state index in [1.807, 2.05) is 48.5 Å². The van der Waals surface area contributed by atoms with Gasteiger partial charge in [-0.05, 0) is 17.7 Å². The highest BCUT2D eigenvalue weighted by atomic mass is 31.2. The molecule has 0 radical (unpaired) electrons. The Kier molecular flexibility index (Phi) is 3.26. The lowest BCUT2D eigenvalue weighted by Crippen LogP contribution is -2.20. The Morgan fingerprint density at radius 3 is 2.47 bits per heavy atom. The number of fused-ring (bicyclic) bond motifs is 3. The molecule has 0 fully saturated rings. The number of benzene rings is 2. The number of rotatable bonds is 3. The average molecular weight is 290 g/mol. The maximum absolute atomic E-state index is 13.0. The molecule has 0 bridgehead atoms. The molecule has 3 nitrogen and oxygen atoms in total. The topological polar surface area (TPSA) is 43.4 Å². The van der Waals surface area contributed by atoms with Crippen molar-refractivity contribution < 1.29 is 13.7 Å². The lowest BCUT2D eigenvalue weighted by molar-refractivity contribution is 0.492. The van der Waals surface area contributed by atoms with Crippen molar-refractivity contribution in [1.29, 1.82) is 0 Å². The second kappa shape index (κ2) is 4.92. The third-order valence-corrected chi connectivity index (χ3v) is 6.37. The van der Waals surface area contributed by atoms with Crippen LogP contribution in [0.5, 0.6) is 5.75 Å². The lowest BCUT2D eigenvalue weighted by atomic mass is 10.0. The van der Waals surface area contributed by atoms with Crippen LogP contribution in [0.4, 0.5) is 0 Å².